The first-order valence-electron chi connectivity index (χ1n) is 5.54. The molecule has 0 rings (SSSR count). The van der Waals surface area contributed by atoms with E-state index in [0.717, 1.165) is 11.8 Å². The molecule has 0 aromatic rings. The van der Waals surface area contributed by atoms with Crippen LogP contribution in [0.5, 0.6) is 0 Å². The quantitative estimate of drug-likeness (QED) is 0.570. The minimum atomic E-state index is 0.605. The van der Waals surface area contributed by atoms with Gasteiger partial charge in [0.05, 0.1) is 0 Å². The largest absolute Gasteiger partial charge is 0.0648 e. The maximum atomic E-state index is 2.42. The molecule has 0 radical (unpaired) electrons. The molecule has 0 saturated heterocycles. The van der Waals surface area contributed by atoms with Gasteiger partial charge in [0.1, 0.15) is 0 Å². The van der Waals surface area contributed by atoms with Crippen LogP contribution in [0.1, 0.15) is 60.8 Å². The molecule has 0 aromatic heterocycles. The van der Waals surface area contributed by atoms with Crippen LogP contribution in [-0.4, -0.2) is 0 Å². The van der Waals surface area contributed by atoms with Crippen molar-refractivity contribution in [3.63, 3.8) is 0 Å². The summed E-state index contributed by atoms with van der Waals surface area (Å²) >= 11 is 0. The molecule has 12 heavy (non-hydrogen) atoms. The Morgan fingerprint density at radius 3 is 1.25 bits per heavy atom. The zero-order valence-electron chi connectivity index (χ0n) is 9.78. The van der Waals surface area contributed by atoms with Crippen LogP contribution in [0.15, 0.2) is 0 Å². The van der Waals surface area contributed by atoms with Crippen molar-refractivity contribution in [2.45, 2.75) is 60.8 Å². The highest BCUT2D eigenvalue weighted by atomic mass is 14.4. The van der Waals surface area contributed by atoms with Gasteiger partial charge >= 0.3 is 0 Å². The van der Waals surface area contributed by atoms with Crippen LogP contribution in [0.2, 0.25) is 0 Å². The molecule has 0 aliphatic heterocycles. The summed E-state index contributed by atoms with van der Waals surface area (Å²) in [5, 5.41) is 0. The molecule has 74 valence electrons. The van der Waals surface area contributed by atoms with Crippen LogP contribution in [0.3, 0.4) is 0 Å². The SMILES string of the molecule is CCC(CC)(CC)C(C)C(C)C. The maximum Gasteiger partial charge on any atom is -0.0277 e. The minimum Gasteiger partial charge on any atom is -0.0648 e. The van der Waals surface area contributed by atoms with Crippen LogP contribution in [-0.2, 0) is 0 Å². The Labute approximate surface area is 78.8 Å². The van der Waals surface area contributed by atoms with E-state index in [4.69, 9.17) is 0 Å². The van der Waals surface area contributed by atoms with Crippen molar-refractivity contribution in [2.75, 3.05) is 0 Å². The molecule has 0 spiro atoms. The van der Waals surface area contributed by atoms with Crippen molar-refractivity contribution in [3.05, 3.63) is 0 Å². The van der Waals surface area contributed by atoms with Crippen LogP contribution < -0.4 is 0 Å². The van der Waals surface area contributed by atoms with E-state index in [0.29, 0.717) is 5.41 Å². The smallest absolute Gasteiger partial charge is 0.0277 e. The molecular formula is C12H26. The molecule has 1 atom stereocenters. The van der Waals surface area contributed by atoms with E-state index in [-0.39, 0.29) is 0 Å². The molecule has 0 N–H and O–H groups in total. The monoisotopic (exact) mass is 170 g/mol. The van der Waals surface area contributed by atoms with Crippen molar-refractivity contribution in [1.82, 2.24) is 0 Å². The minimum absolute atomic E-state index is 0.605. The van der Waals surface area contributed by atoms with Crippen LogP contribution in [0, 0.1) is 17.3 Å². The lowest BCUT2D eigenvalue weighted by atomic mass is 9.66. The Kier molecular flexibility index (Phi) is 4.89. The highest BCUT2D eigenvalue weighted by Gasteiger charge is 2.32. The van der Waals surface area contributed by atoms with Gasteiger partial charge < -0.3 is 0 Å². The lowest BCUT2D eigenvalue weighted by Gasteiger charge is -2.39. The summed E-state index contributed by atoms with van der Waals surface area (Å²) in [6.45, 7) is 14.1. The Hall–Kier alpha value is 0. The second-order valence-corrected chi connectivity index (χ2v) is 4.46. The molecule has 0 heterocycles. The first kappa shape index (κ1) is 12.0. The van der Waals surface area contributed by atoms with E-state index in [1.807, 2.05) is 0 Å². The fourth-order valence-electron chi connectivity index (χ4n) is 2.42. The van der Waals surface area contributed by atoms with Gasteiger partial charge in [0.2, 0.25) is 0 Å². The standard InChI is InChI=1S/C12H26/c1-7-12(8-2,9-3)11(6)10(4)5/h10-11H,7-9H2,1-6H3. The Morgan fingerprint density at radius 2 is 1.17 bits per heavy atom. The molecule has 0 aromatic carbocycles. The fraction of sp³-hybridized carbons (Fsp3) is 1.00. The maximum absolute atomic E-state index is 2.42. The Balaban J connectivity index is 4.46. The van der Waals surface area contributed by atoms with Gasteiger partial charge in [-0.05, 0) is 17.3 Å². The third-order valence-corrected chi connectivity index (χ3v) is 4.08. The first-order chi connectivity index (χ1) is 5.54. The van der Waals surface area contributed by atoms with Gasteiger partial charge in [-0.2, -0.15) is 0 Å². The van der Waals surface area contributed by atoms with E-state index in [2.05, 4.69) is 41.5 Å². The van der Waals surface area contributed by atoms with E-state index >= 15 is 0 Å². The van der Waals surface area contributed by atoms with Gasteiger partial charge in [0, 0.05) is 0 Å². The molecule has 0 amide bonds. The van der Waals surface area contributed by atoms with Gasteiger partial charge in [0.25, 0.3) is 0 Å². The van der Waals surface area contributed by atoms with Crippen LogP contribution >= 0.6 is 0 Å². The predicted octanol–water partition coefficient (Wildman–Crippen LogP) is 4.49. The van der Waals surface area contributed by atoms with E-state index in [1.165, 1.54) is 19.3 Å². The molecular weight excluding hydrogens is 144 g/mol. The molecule has 0 heteroatoms. The van der Waals surface area contributed by atoms with Gasteiger partial charge in [0.15, 0.2) is 0 Å². The second kappa shape index (κ2) is 4.89. The normalized spacial score (nSPS) is 15.2. The molecule has 0 nitrogen and oxygen atoms in total. The summed E-state index contributed by atoms with van der Waals surface area (Å²) in [7, 11) is 0. The summed E-state index contributed by atoms with van der Waals surface area (Å²) in [5.74, 6) is 1.68. The number of hydrogen-bond acceptors (Lipinski definition) is 0. The summed E-state index contributed by atoms with van der Waals surface area (Å²) in [6.07, 6.45) is 4.00. The van der Waals surface area contributed by atoms with Crippen molar-refractivity contribution >= 4 is 0 Å². The van der Waals surface area contributed by atoms with E-state index < -0.39 is 0 Å². The average Bonchev–Trinajstić information content (AvgIpc) is 2.08. The second-order valence-electron chi connectivity index (χ2n) is 4.46. The number of rotatable bonds is 5. The average molecular weight is 170 g/mol. The van der Waals surface area contributed by atoms with Crippen molar-refractivity contribution in [2.24, 2.45) is 17.3 Å². The van der Waals surface area contributed by atoms with Crippen LogP contribution in [0.4, 0.5) is 0 Å². The first-order valence-corrected chi connectivity index (χ1v) is 5.54. The zero-order chi connectivity index (χ0) is 9.78. The molecule has 0 aliphatic rings. The lowest BCUT2D eigenvalue weighted by Crippen LogP contribution is -2.30. The third kappa shape index (κ3) is 2.24. The third-order valence-electron chi connectivity index (χ3n) is 4.08. The van der Waals surface area contributed by atoms with Gasteiger partial charge in [-0.25, -0.2) is 0 Å². The lowest BCUT2D eigenvalue weighted by molar-refractivity contribution is 0.109. The topological polar surface area (TPSA) is 0 Å². The van der Waals surface area contributed by atoms with E-state index in [1.54, 1.807) is 0 Å². The molecule has 0 fully saturated rings. The highest BCUT2D eigenvalue weighted by Crippen LogP contribution is 2.41. The highest BCUT2D eigenvalue weighted by molar-refractivity contribution is 4.82. The molecule has 0 bridgehead atoms. The summed E-state index contributed by atoms with van der Waals surface area (Å²) in [4.78, 5) is 0. The summed E-state index contributed by atoms with van der Waals surface area (Å²) < 4.78 is 0. The van der Waals surface area contributed by atoms with E-state index in [9.17, 15) is 0 Å². The Bertz CT molecular complexity index is 101. The molecule has 1 unspecified atom stereocenters. The van der Waals surface area contributed by atoms with Crippen LogP contribution in [0.25, 0.3) is 0 Å². The summed E-state index contributed by atoms with van der Waals surface area (Å²) in [6, 6.07) is 0. The van der Waals surface area contributed by atoms with Gasteiger partial charge in [-0.15, -0.1) is 0 Å². The summed E-state index contributed by atoms with van der Waals surface area (Å²) in [5.41, 5.74) is 0.605. The predicted molar refractivity (Wildman–Crippen MR) is 57.3 cm³/mol. The van der Waals surface area contributed by atoms with Gasteiger partial charge in [-0.1, -0.05) is 60.8 Å². The zero-order valence-corrected chi connectivity index (χ0v) is 9.78. The number of hydrogen-bond donors (Lipinski definition) is 0. The molecule has 0 aliphatic carbocycles. The fourth-order valence-corrected chi connectivity index (χ4v) is 2.42. The Morgan fingerprint density at radius 1 is 0.833 bits per heavy atom. The molecule has 0 saturated carbocycles. The van der Waals surface area contributed by atoms with Crippen molar-refractivity contribution < 1.29 is 0 Å². The van der Waals surface area contributed by atoms with Crippen molar-refractivity contribution in [3.8, 4) is 0 Å². The van der Waals surface area contributed by atoms with Crippen molar-refractivity contribution in [1.29, 1.82) is 0 Å². The van der Waals surface area contributed by atoms with Gasteiger partial charge in [-0.3, -0.25) is 0 Å².